The molecule has 2 aromatic rings. The third-order valence-corrected chi connectivity index (χ3v) is 5.26. The van der Waals surface area contributed by atoms with E-state index < -0.39 is 10.0 Å². The Balaban J connectivity index is 1.94. The van der Waals surface area contributed by atoms with E-state index in [-0.39, 0.29) is 16.8 Å². The Bertz CT molecular complexity index is 818. The molecule has 26 heavy (non-hydrogen) atoms. The first kappa shape index (κ1) is 19.9. The van der Waals surface area contributed by atoms with Gasteiger partial charge in [-0.2, -0.15) is 0 Å². The van der Waals surface area contributed by atoms with E-state index >= 15 is 0 Å². The average Bonchev–Trinajstić information content (AvgIpc) is 2.61. The highest BCUT2D eigenvalue weighted by atomic mass is 32.2. The molecule has 0 radical (unpaired) electrons. The Labute approximate surface area is 154 Å². The maximum absolute atomic E-state index is 12.4. The zero-order chi connectivity index (χ0) is 19.2. The van der Waals surface area contributed by atoms with Gasteiger partial charge in [0.05, 0.1) is 11.4 Å². The molecule has 6 nitrogen and oxygen atoms in total. The molecule has 2 rings (SSSR count). The molecule has 1 N–H and O–H groups in total. The summed E-state index contributed by atoms with van der Waals surface area (Å²) >= 11 is 0. The molecule has 140 valence electrons. The van der Waals surface area contributed by atoms with Crippen molar-refractivity contribution in [1.82, 2.24) is 9.62 Å². The SMILES string of the molecule is CC(C)NS(=O)(=O)c1ccc(C(=O)N(C)CCOc2ccccc2)cc1. The second-order valence-corrected chi connectivity index (χ2v) is 7.90. The number of amides is 1. The van der Waals surface area contributed by atoms with Crippen molar-refractivity contribution in [3.63, 3.8) is 0 Å². The smallest absolute Gasteiger partial charge is 0.253 e. The molecule has 1 amide bonds. The minimum Gasteiger partial charge on any atom is -0.492 e. The van der Waals surface area contributed by atoms with Crippen molar-refractivity contribution in [1.29, 1.82) is 0 Å². The molecule has 0 aromatic heterocycles. The van der Waals surface area contributed by atoms with Crippen LogP contribution in [0.3, 0.4) is 0 Å². The number of carbonyl (C=O) groups is 1. The Kier molecular flexibility index (Phi) is 6.76. The van der Waals surface area contributed by atoms with Gasteiger partial charge in [-0.25, -0.2) is 13.1 Å². The van der Waals surface area contributed by atoms with Gasteiger partial charge in [-0.1, -0.05) is 18.2 Å². The van der Waals surface area contributed by atoms with Crippen molar-refractivity contribution in [2.45, 2.75) is 24.8 Å². The zero-order valence-corrected chi connectivity index (χ0v) is 16.0. The number of para-hydroxylation sites is 1. The number of nitrogens with zero attached hydrogens (tertiary/aromatic N) is 1. The standard InChI is InChI=1S/C19H24N2O4S/c1-15(2)20-26(23,24)18-11-9-16(10-12-18)19(22)21(3)13-14-25-17-7-5-4-6-8-17/h4-12,15,20H,13-14H2,1-3H3. The van der Waals surface area contributed by atoms with Crippen LogP contribution in [0.5, 0.6) is 5.75 Å². The maximum atomic E-state index is 12.4. The minimum atomic E-state index is -3.56. The number of benzene rings is 2. The molecule has 0 aliphatic heterocycles. The molecule has 0 spiro atoms. The summed E-state index contributed by atoms with van der Waals surface area (Å²) in [7, 11) is -1.88. The van der Waals surface area contributed by atoms with E-state index in [0.717, 1.165) is 5.75 Å². The Morgan fingerprint density at radius 2 is 1.69 bits per heavy atom. The van der Waals surface area contributed by atoms with Crippen LogP contribution >= 0.6 is 0 Å². The highest BCUT2D eigenvalue weighted by molar-refractivity contribution is 7.89. The van der Waals surface area contributed by atoms with Crippen molar-refractivity contribution in [3.8, 4) is 5.75 Å². The molecule has 0 unspecified atom stereocenters. The molecule has 0 aliphatic carbocycles. The van der Waals surface area contributed by atoms with Crippen molar-refractivity contribution >= 4 is 15.9 Å². The molecular weight excluding hydrogens is 352 g/mol. The Morgan fingerprint density at radius 3 is 2.27 bits per heavy atom. The number of ether oxygens (including phenoxy) is 1. The van der Waals surface area contributed by atoms with Gasteiger partial charge in [0.1, 0.15) is 12.4 Å². The lowest BCUT2D eigenvalue weighted by molar-refractivity contribution is 0.0773. The van der Waals surface area contributed by atoms with E-state index in [2.05, 4.69) is 4.72 Å². The molecule has 0 bridgehead atoms. The number of rotatable bonds is 8. The molecule has 0 saturated heterocycles. The fourth-order valence-electron chi connectivity index (χ4n) is 2.29. The maximum Gasteiger partial charge on any atom is 0.253 e. The van der Waals surface area contributed by atoms with Crippen LogP contribution in [0.1, 0.15) is 24.2 Å². The second-order valence-electron chi connectivity index (χ2n) is 6.19. The normalized spacial score (nSPS) is 11.4. The monoisotopic (exact) mass is 376 g/mol. The zero-order valence-electron chi connectivity index (χ0n) is 15.2. The van der Waals surface area contributed by atoms with Gasteiger partial charge in [-0.3, -0.25) is 4.79 Å². The van der Waals surface area contributed by atoms with E-state index in [0.29, 0.717) is 18.7 Å². The first-order valence-corrected chi connectivity index (χ1v) is 9.83. The third-order valence-electron chi connectivity index (χ3n) is 3.59. The topological polar surface area (TPSA) is 75.7 Å². The number of carbonyl (C=O) groups excluding carboxylic acids is 1. The van der Waals surface area contributed by atoms with E-state index in [1.807, 2.05) is 30.3 Å². The molecule has 0 aliphatic rings. The Morgan fingerprint density at radius 1 is 1.08 bits per heavy atom. The third kappa shape index (κ3) is 5.57. The first-order chi connectivity index (χ1) is 12.3. The Hall–Kier alpha value is -2.38. The summed E-state index contributed by atoms with van der Waals surface area (Å²) in [5.41, 5.74) is 0.427. The summed E-state index contributed by atoms with van der Waals surface area (Å²) in [5.74, 6) is 0.558. The van der Waals surface area contributed by atoms with Gasteiger partial charge in [-0.15, -0.1) is 0 Å². The van der Waals surface area contributed by atoms with Gasteiger partial charge in [0.25, 0.3) is 5.91 Å². The number of nitrogens with one attached hydrogen (secondary N) is 1. The van der Waals surface area contributed by atoms with Crippen molar-refractivity contribution < 1.29 is 17.9 Å². The molecular formula is C19H24N2O4S. The van der Waals surface area contributed by atoms with Crippen LogP contribution in [-0.4, -0.2) is 45.5 Å². The van der Waals surface area contributed by atoms with Gasteiger partial charge < -0.3 is 9.64 Å². The summed E-state index contributed by atoms with van der Waals surface area (Å²) in [6.07, 6.45) is 0. The lowest BCUT2D eigenvalue weighted by Crippen LogP contribution is -2.31. The van der Waals surface area contributed by atoms with E-state index in [9.17, 15) is 13.2 Å². The van der Waals surface area contributed by atoms with Gasteiger partial charge in [0, 0.05) is 18.7 Å². The van der Waals surface area contributed by atoms with E-state index in [1.54, 1.807) is 25.8 Å². The number of hydrogen-bond acceptors (Lipinski definition) is 4. The fraction of sp³-hybridized carbons (Fsp3) is 0.316. The largest absolute Gasteiger partial charge is 0.492 e. The van der Waals surface area contributed by atoms with Crippen LogP contribution in [0.15, 0.2) is 59.5 Å². The van der Waals surface area contributed by atoms with E-state index in [1.165, 1.54) is 24.3 Å². The van der Waals surface area contributed by atoms with Gasteiger partial charge in [0.2, 0.25) is 10.0 Å². The summed E-state index contributed by atoms with van der Waals surface area (Å²) in [6, 6.07) is 15.1. The fourth-order valence-corrected chi connectivity index (χ4v) is 3.55. The van der Waals surface area contributed by atoms with Gasteiger partial charge in [0.15, 0.2) is 0 Å². The highest BCUT2D eigenvalue weighted by Gasteiger charge is 2.17. The summed E-state index contributed by atoms with van der Waals surface area (Å²) in [4.78, 5) is 14.1. The first-order valence-electron chi connectivity index (χ1n) is 8.35. The minimum absolute atomic E-state index is 0.137. The van der Waals surface area contributed by atoms with Crippen LogP contribution in [0.25, 0.3) is 0 Å². The molecule has 0 fully saturated rings. The van der Waals surface area contributed by atoms with Crippen LogP contribution in [0.2, 0.25) is 0 Å². The van der Waals surface area contributed by atoms with Crippen LogP contribution in [0.4, 0.5) is 0 Å². The number of hydrogen-bond donors (Lipinski definition) is 1. The highest BCUT2D eigenvalue weighted by Crippen LogP contribution is 2.13. The van der Waals surface area contributed by atoms with Gasteiger partial charge in [-0.05, 0) is 50.2 Å². The average molecular weight is 376 g/mol. The van der Waals surface area contributed by atoms with Crippen LogP contribution in [-0.2, 0) is 10.0 Å². The summed E-state index contributed by atoms with van der Waals surface area (Å²) in [5, 5.41) is 0. The number of sulfonamides is 1. The second kappa shape index (κ2) is 8.82. The van der Waals surface area contributed by atoms with Crippen LogP contribution in [0, 0.1) is 0 Å². The molecule has 0 atom stereocenters. The van der Waals surface area contributed by atoms with Crippen LogP contribution < -0.4 is 9.46 Å². The lowest BCUT2D eigenvalue weighted by Gasteiger charge is -2.18. The predicted molar refractivity (Wildman–Crippen MR) is 101 cm³/mol. The van der Waals surface area contributed by atoms with E-state index in [4.69, 9.17) is 4.74 Å². The lowest BCUT2D eigenvalue weighted by atomic mass is 10.2. The summed E-state index contributed by atoms with van der Waals surface area (Å²) in [6.45, 7) is 4.30. The summed E-state index contributed by atoms with van der Waals surface area (Å²) < 4.78 is 32.3. The van der Waals surface area contributed by atoms with Crippen molar-refractivity contribution in [2.75, 3.05) is 20.2 Å². The molecule has 2 aromatic carbocycles. The van der Waals surface area contributed by atoms with Crippen molar-refractivity contribution in [2.24, 2.45) is 0 Å². The van der Waals surface area contributed by atoms with Gasteiger partial charge >= 0.3 is 0 Å². The molecule has 0 saturated carbocycles. The predicted octanol–water partition coefficient (Wildman–Crippen LogP) is 2.52. The van der Waals surface area contributed by atoms with Crippen molar-refractivity contribution in [3.05, 3.63) is 60.2 Å². The molecule has 7 heteroatoms. The quantitative estimate of drug-likeness (QED) is 0.768. The number of likely N-dealkylation sites (N-methyl/N-ethyl adjacent to an activating group) is 1. The molecule has 0 heterocycles.